The minimum atomic E-state index is 0.499. The predicted octanol–water partition coefficient (Wildman–Crippen LogP) is 2.57. The van der Waals surface area contributed by atoms with Crippen LogP contribution in [0, 0.1) is 6.92 Å². The van der Waals surface area contributed by atoms with Gasteiger partial charge in [0.25, 0.3) is 0 Å². The van der Waals surface area contributed by atoms with Crippen molar-refractivity contribution in [2.24, 2.45) is 0 Å². The number of pyridine rings is 1. The number of anilines is 1. The van der Waals surface area contributed by atoms with E-state index >= 15 is 0 Å². The standard InChI is InChI=1S/C9H8BrClN4/c1-5-4-15(14-8(5)12)9-7(10)2-6(11)3-13-9/h2-4H,1H3,(H2,12,14). The van der Waals surface area contributed by atoms with Crippen molar-refractivity contribution in [2.45, 2.75) is 6.92 Å². The summed E-state index contributed by atoms with van der Waals surface area (Å²) in [4.78, 5) is 4.17. The summed E-state index contributed by atoms with van der Waals surface area (Å²) >= 11 is 9.16. The van der Waals surface area contributed by atoms with Crippen LogP contribution in [0.1, 0.15) is 5.56 Å². The van der Waals surface area contributed by atoms with Crippen LogP contribution in [0.5, 0.6) is 0 Å². The van der Waals surface area contributed by atoms with Gasteiger partial charge >= 0.3 is 0 Å². The molecule has 2 aromatic rings. The highest BCUT2D eigenvalue weighted by molar-refractivity contribution is 9.10. The number of nitrogens with two attached hydrogens (primary N) is 1. The molecular weight excluding hydrogens is 279 g/mol. The Balaban J connectivity index is 2.54. The van der Waals surface area contributed by atoms with Crippen LogP contribution in [0.15, 0.2) is 22.9 Å². The van der Waals surface area contributed by atoms with Gasteiger partial charge in [0.15, 0.2) is 5.82 Å². The maximum absolute atomic E-state index is 5.79. The molecule has 0 atom stereocenters. The molecule has 2 rings (SSSR count). The zero-order valence-electron chi connectivity index (χ0n) is 7.91. The minimum absolute atomic E-state index is 0.499. The van der Waals surface area contributed by atoms with Crippen LogP contribution in [0.3, 0.4) is 0 Å². The molecule has 4 nitrogen and oxygen atoms in total. The average molecular weight is 288 g/mol. The lowest BCUT2D eigenvalue weighted by atomic mass is 10.4. The first-order valence-electron chi connectivity index (χ1n) is 4.21. The fraction of sp³-hybridized carbons (Fsp3) is 0.111. The monoisotopic (exact) mass is 286 g/mol. The predicted molar refractivity (Wildman–Crippen MR) is 63.2 cm³/mol. The van der Waals surface area contributed by atoms with E-state index < -0.39 is 0 Å². The van der Waals surface area contributed by atoms with Gasteiger partial charge in [-0.2, -0.15) is 0 Å². The van der Waals surface area contributed by atoms with Crippen molar-refractivity contribution in [2.75, 3.05) is 5.73 Å². The van der Waals surface area contributed by atoms with Crippen LogP contribution in [0.4, 0.5) is 5.82 Å². The summed E-state index contributed by atoms with van der Waals surface area (Å²) < 4.78 is 2.39. The number of halogens is 2. The lowest BCUT2D eigenvalue weighted by Crippen LogP contribution is -2.00. The van der Waals surface area contributed by atoms with Gasteiger partial charge in [-0.25, -0.2) is 9.67 Å². The molecule has 2 N–H and O–H groups in total. The summed E-state index contributed by atoms with van der Waals surface area (Å²) in [5.41, 5.74) is 6.57. The molecule has 0 amide bonds. The molecule has 0 aromatic carbocycles. The lowest BCUT2D eigenvalue weighted by molar-refractivity contribution is 0.846. The number of hydrogen-bond acceptors (Lipinski definition) is 3. The molecule has 2 heterocycles. The quantitative estimate of drug-likeness (QED) is 0.877. The molecule has 0 unspecified atom stereocenters. The molecule has 15 heavy (non-hydrogen) atoms. The lowest BCUT2D eigenvalue weighted by Gasteiger charge is -2.02. The first-order valence-corrected chi connectivity index (χ1v) is 5.38. The molecule has 2 aromatic heterocycles. The molecule has 0 saturated heterocycles. The van der Waals surface area contributed by atoms with Gasteiger partial charge in [0, 0.05) is 18.0 Å². The van der Waals surface area contributed by atoms with Crippen LogP contribution < -0.4 is 5.73 Å². The maximum Gasteiger partial charge on any atom is 0.167 e. The Kier molecular flexibility index (Phi) is 2.67. The Hall–Kier alpha value is -1.07. The highest BCUT2D eigenvalue weighted by atomic mass is 79.9. The summed E-state index contributed by atoms with van der Waals surface area (Å²) in [7, 11) is 0. The fourth-order valence-electron chi connectivity index (χ4n) is 1.16. The van der Waals surface area contributed by atoms with Gasteiger partial charge in [-0.3, -0.25) is 0 Å². The first-order chi connectivity index (χ1) is 7.08. The van der Waals surface area contributed by atoms with Gasteiger partial charge in [-0.15, -0.1) is 5.10 Å². The third kappa shape index (κ3) is 1.98. The van der Waals surface area contributed by atoms with E-state index in [4.69, 9.17) is 17.3 Å². The van der Waals surface area contributed by atoms with E-state index in [9.17, 15) is 0 Å². The summed E-state index contributed by atoms with van der Waals surface area (Å²) in [6.45, 7) is 1.89. The van der Waals surface area contributed by atoms with Gasteiger partial charge in [0.1, 0.15) is 5.82 Å². The van der Waals surface area contributed by atoms with Crippen molar-refractivity contribution in [3.8, 4) is 5.82 Å². The molecule has 0 saturated carbocycles. The SMILES string of the molecule is Cc1cn(-c2ncc(Cl)cc2Br)nc1N. The second kappa shape index (κ2) is 3.83. The Bertz CT molecular complexity index is 489. The van der Waals surface area contributed by atoms with Gasteiger partial charge < -0.3 is 5.73 Å². The van der Waals surface area contributed by atoms with E-state index in [0.717, 1.165) is 10.0 Å². The van der Waals surface area contributed by atoms with Crippen LogP contribution in [-0.4, -0.2) is 14.8 Å². The largest absolute Gasteiger partial charge is 0.382 e. The number of rotatable bonds is 1. The van der Waals surface area contributed by atoms with E-state index in [0.29, 0.717) is 16.7 Å². The van der Waals surface area contributed by atoms with Gasteiger partial charge in [0.2, 0.25) is 0 Å². The molecule has 0 aliphatic rings. The summed E-state index contributed by atoms with van der Waals surface area (Å²) in [5.74, 6) is 1.16. The van der Waals surface area contributed by atoms with Crippen molar-refractivity contribution in [1.82, 2.24) is 14.8 Å². The second-order valence-electron chi connectivity index (χ2n) is 3.10. The van der Waals surface area contributed by atoms with Crippen molar-refractivity contribution in [3.63, 3.8) is 0 Å². The number of aromatic nitrogens is 3. The first kappa shape index (κ1) is 10.4. The normalized spacial score (nSPS) is 10.6. The second-order valence-corrected chi connectivity index (χ2v) is 4.39. The van der Waals surface area contributed by atoms with Gasteiger partial charge in [-0.1, -0.05) is 11.6 Å². The van der Waals surface area contributed by atoms with E-state index in [1.165, 1.54) is 0 Å². The van der Waals surface area contributed by atoms with E-state index in [2.05, 4.69) is 26.0 Å². The molecule has 0 aliphatic carbocycles. The molecule has 0 fully saturated rings. The van der Waals surface area contributed by atoms with Crippen LogP contribution in [-0.2, 0) is 0 Å². The summed E-state index contributed by atoms with van der Waals surface area (Å²) in [6, 6.07) is 1.76. The zero-order valence-corrected chi connectivity index (χ0v) is 10.2. The van der Waals surface area contributed by atoms with E-state index in [-0.39, 0.29) is 0 Å². The van der Waals surface area contributed by atoms with Gasteiger partial charge in [-0.05, 0) is 28.9 Å². The molecule has 0 bridgehead atoms. The van der Waals surface area contributed by atoms with E-state index in [1.54, 1.807) is 16.9 Å². The average Bonchev–Trinajstić information content (AvgIpc) is 2.46. The summed E-state index contributed by atoms with van der Waals surface area (Å²) in [5, 5.41) is 4.70. The number of nitrogen functional groups attached to an aromatic ring is 1. The van der Waals surface area contributed by atoms with Gasteiger partial charge in [0.05, 0.1) is 9.50 Å². The molecule has 0 spiro atoms. The Morgan fingerprint density at radius 2 is 2.27 bits per heavy atom. The Morgan fingerprint density at radius 3 is 2.80 bits per heavy atom. The minimum Gasteiger partial charge on any atom is -0.382 e. The third-order valence-electron chi connectivity index (χ3n) is 1.94. The van der Waals surface area contributed by atoms with Crippen molar-refractivity contribution >= 4 is 33.3 Å². The van der Waals surface area contributed by atoms with Crippen molar-refractivity contribution in [3.05, 3.63) is 33.5 Å². The smallest absolute Gasteiger partial charge is 0.167 e. The molecular formula is C9H8BrClN4. The van der Waals surface area contributed by atoms with Crippen LogP contribution in [0.25, 0.3) is 5.82 Å². The van der Waals surface area contributed by atoms with Crippen LogP contribution >= 0.6 is 27.5 Å². The van der Waals surface area contributed by atoms with Crippen molar-refractivity contribution in [1.29, 1.82) is 0 Å². The number of aryl methyl sites for hydroxylation is 1. The highest BCUT2D eigenvalue weighted by Gasteiger charge is 2.08. The topological polar surface area (TPSA) is 56.7 Å². The maximum atomic E-state index is 5.79. The van der Waals surface area contributed by atoms with E-state index in [1.807, 2.05) is 13.1 Å². The number of nitrogens with zero attached hydrogens (tertiary/aromatic N) is 3. The molecule has 78 valence electrons. The summed E-state index contributed by atoms with van der Waals surface area (Å²) in [6.07, 6.45) is 3.38. The highest BCUT2D eigenvalue weighted by Crippen LogP contribution is 2.22. The molecule has 6 heteroatoms. The third-order valence-corrected chi connectivity index (χ3v) is 2.73. The Morgan fingerprint density at radius 1 is 1.53 bits per heavy atom. The Labute approximate surface area is 100 Å². The van der Waals surface area contributed by atoms with Crippen molar-refractivity contribution < 1.29 is 0 Å². The fourth-order valence-corrected chi connectivity index (χ4v) is 1.98. The molecule has 0 radical (unpaired) electrons. The van der Waals surface area contributed by atoms with Crippen LogP contribution in [0.2, 0.25) is 5.02 Å². The molecule has 0 aliphatic heterocycles. The zero-order chi connectivity index (χ0) is 11.0. The number of hydrogen-bond donors (Lipinski definition) is 1.